The Kier molecular flexibility index (Phi) is 6.35. The molecular formula is C18H36N2. The van der Waals surface area contributed by atoms with Crippen molar-refractivity contribution in [3.05, 3.63) is 0 Å². The van der Waals surface area contributed by atoms with Crippen molar-refractivity contribution < 1.29 is 0 Å². The van der Waals surface area contributed by atoms with Crippen LogP contribution in [0, 0.1) is 11.8 Å². The van der Waals surface area contributed by atoms with Crippen LogP contribution in [0.2, 0.25) is 0 Å². The van der Waals surface area contributed by atoms with E-state index in [1.807, 2.05) is 0 Å². The summed E-state index contributed by atoms with van der Waals surface area (Å²) in [6.45, 7) is 8.17. The average molecular weight is 281 g/mol. The van der Waals surface area contributed by atoms with E-state index in [4.69, 9.17) is 0 Å². The van der Waals surface area contributed by atoms with Crippen LogP contribution in [0.5, 0.6) is 0 Å². The summed E-state index contributed by atoms with van der Waals surface area (Å²) in [5, 5.41) is 3.75. The molecule has 2 fully saturated rings. The summed E-state index contributed by atoms with van der Waals surface area (Å²) in [6.07, 6.45) is 11.3. The van der Waals surface area contributed by atoms with Gasteiger partial charge in [-0.25, -0.2) is 0 Å². The monoisotopic (exact) mass is 280 g/mol. The number of hydrogen-bond donors (Lipinski definition) is 1. The Balaban J connectivity index is 1.92. The third-order valence-corrected chi connectivity index (χ3v) is 6.04. The predicted molar refractivity (Wildman–Crippen MR) is 88.1 cm³/mol. The molecule has 0 spiro atoms. The van der Waals surface area contributed by atoms with Gasteiger partial charge >= 0.3 is 0 Å². The van der Waals surface area contributed by atoms with Crippen molar-refractivity contribution in [2.24, 2.45) is 11.8 Å². The summed E-state index contributed by atoms with van der Waals surface area (Å²) in [5.41, 5.74) is 0. The van der Waals surface area contributed by atoms with Gasteiger partial charge in [0.25, 0.3) is 0 Å². The Labute approximate surface area is 126 Å². The van der Waals surface area contributed by atoms with E-state index >= 15 is 0 Å². The molecule has 118 valence electrons. The first kappa shape index (κ1) is 16.3. The van der Waals surface area contributed by atoms with Gasteiger partial charge in [0.2, 0.25) is 0 Å². The molecule has 3 unspecified atom stereocenters. The second kappa shape index (κ2) is 7.79. The van der Waals surface area contributed by atoms with E-state index in [0.29, 0.717) is 0 Å². The Morgan fingerprint density at radius 3 is 2.30 bits per heavy atom. The zero-order valence-electron chi connectivity index (χ0n) is 14.2. The van der Waals surface area contributed by atoms with Gasteiger partial charge in [0.05, 0.1) is 0 Å². The van der Waals surface area contributed by atoms with Crippen molar-refractivity contribution in [1.82, 2.24) is 10.2 Å². The van der Waals surface area contributed by atoms with Gasteiger partial charge in [-0.05, 0) is 70.4 Å². The fourth-order valence-corrected chi connectivity index (χ4v) is 4.53. The van der Waals surface area contributed by atoms with Gasteiger partial charge < -0.3 is 5.32 Å². The van der Waals surface area contributed by atoms with E-state index < -0.39 is 0 Å². The lowest BCUT2D eigenvalue weighted by atomic mass is 9.79. The van der Waals surface area contributed by atoms with Crippen molar-refractivity contribution in [3.63, 3.8) is 0 Å². The molecule has 2 heteroatoms. The highest BCUT2D eigenvalue weighted by molar-refractivity contribution is 4.92. The van der Waals surface area contributed by atoms with E-state index in [9.17, 15) is 0 Å². The first-order valence-corrected chi connectivity index (χ1v) is 9.10. The molecule has 0 aromatic rings. The second-order valence-corrected chi connectivity index (χ2v) is 7.40. The van der Waals surface area contributed by atoms with E-state index in [0.717, 1.165) is 36.5 Å². The number of likely N-dealkylation sites (N-methyl/N-ethyl adjacent to an activating group) is 2. The van der Waals surface area contributed by atoms with E-state index in [-0.39, 0.29) is 0 Å². The summed E-state index contributed by atoms with van der Waals surface area (Å²) in [7, 11) is 2.41. The SMILES string of the molecule is CCNC1CCC(C)CC1N(C)C1CCC(CC)CC1. The van der Waals surface area contributed by atoms with Crippen molar-refractivity contribution in [1.29, 1.82) is 0 Å². The van der Waals surface area contributed by atoms with Gasteiger partial charge in [-0.2, -0.15) is 0 Å². The minimum absolute atomic E-state index is 0.727. The maximum atomic E-state index is 3.75. The molecule has 1 N–H and O–H groups in total. The van der Waals surface area contributed by atoms with E-state index in [1.165, 1.54) is 51.4 Å². The number of nitrogens with one attached hydrogen (secondary N) is 1. The largest absolute Gasteiger partial charge is 0.313 e. The lowest BCUT2D eigenvalue weighted by molar-refractivity contribution is 0.0626. The lowest BCUT2D eigenvalue weighted by Crippen LogP contribution is -2.55. The molecule has 0 heterocycles. The molecule has 0 amide bonds. The van der Waals surface area contributed by atoms with E-state index in [2.05, 4.69) is 38.0 Å². The van der Waals surface area contributed by atoms with E-state index in [1.54, 1.807) is 0 Å². The standard InChI is InChI=1S/C18H36N2/c1-5-15-8-10-16(11-9-15)20(4)18-13-14(3)7-12-17(18)19-6-2/h14-19H,5-13H2,1-4H3. The van der Waals surface area contributed by atoms with Crippen LogP contribution < -0.4 is 5.32 Å². The molecule has 0 radical (unpaired) electrons. The summed E-state index contributed by atoms with van der Waals surface area (Å²) in [6, 6.07) is 2.33. The zero-order chi connectivity index (χ0) is 14.5. The van der Waals surface area contributed by atoms with Gasteiger partial charge in [-0.3, -0.25) is 4.90 Å². The Morgan fingerprint density at radius 2 is 1.70 bits per heavy atom. The van der Waals surface area contributed by atoms with Gasteiger partial charge in [0.1, 0.15) is 0 Å². The number of nitrogens with zero attached hydrogens (tertiary/aromatic N) is 1. The Bertz CT molecular complexity index is 271. The molecule has 2 aliphatic rings. The third-order valence-electron chi connectivity index (χ3n) is 6.04. The molecule has 0 bridgehead atoms. The van der Waals surface area contributed by atoms with Crippen LogP contribution in [0.1, 0.15) is 72.1 Å². The summed E-state index contributed by atoms with van der Waals surface area (Å²) in [5.74, 6) is 1.92. The maximum absolute atomic E-state index is 3.75. The first-order valence-electron chi connectivity index (χ1n) is 9.10. The quantitative estimate of drug-likeness (QED) is 0.817. The number of hydrogen-bond acceptors (Lipinski definition) is 2. The van der Waals surface area contributed by atoms with Crippen LogP contribution in [0.3, 0.4) is 0 Å². The van der Waals surface area contributed by atoms with Crippen LogP contribution in [-0.4, -0.2) is 36.6 Å². The molecule has 2 aliphatic carbocycles. The van der Waals surface area contributed by atoms with Crippen molar-refractivity contribution in [2.45, 2.75) is 90.3 Å². The number of rotatable bonds is 5. The van der Waals surface area contributed by atoms with Crippen LogP contribution in [0.4, 0.5) is 0 Å². The van der Waals surface area contributed by atoms with Crippen LogP contribution >= 0.6 is 0 Å². The molecule has 0 aliphatic heterocycles. The molecule has 2 saturated carbocycles. The molecule has 2 nitrogen and oxygen atoms in total. The van der Waals surface area contributed by atoms with Crippen LogP contribution in [0.25, 0.3) is 0 Å². The minimum atomic E-state index is 0.727. The van der Waals surface area contributed by atoms with Gasteiger partial charge in [-0.1, -0.05) is 27.2 Å². The molecule has 3 atom stereocenters. The second-order valence-electron chi connectivity index (χ2n) is 7.40. The maximum Gasteiger partial charge on any atom is 0.0251 e. The fraction of sp³-hybridized carbons (Fsp3) is 1.00. The normalized spacial score (nSPS) is 39.1. The molecule has 20 heavy (non-hydrogen) atoms. The third kappa shape index (κ3) is 3.98. The summed E-state index contributed by atoms with van der Waals surface area (Å²) >= 11 is 0. The first-order chi connectivity index (χ1) is 9.65. The van der Waals surface area contributed by atoms with Gasteiger partial charge in [0.15, 0.2) is 0 Å². The highest BCUT2D eigenvalue weighted by atomic mass is 15.2. The minimum Gasteiger partial charge on any atom is -0.313 e. The zero-order valence-corrected chi connectivity index (χ0v) is 14.2. The topological polar surface area (TPSA) is 15.3 Å². The molecular weight excluding hydrogens is 244 g/mol. The molecule has 0 saturated heterocycles. The molecule has 0 aromatic carbocycles. The smallest absolute Gasteiger partial charge is 0.0251 e. The van der Waals surface area contributed by atoms with Crippen molar-refractivity contribution in [3.8, 4) is 0 Å². The molecule has 2 rings (SSSR count). The van der Waals surface area contributed by atoms with Crippen LogP contribution in [-0.2, 0) is 0 Å². The Morgan fingerprint density at radius 1 is 1.00 bits per heavy atom. The summed E-state index contributed by atoms with van der Waals surface area (Å²) < 4.78 is 0. The van der Waals surface area contributed by atoms with Gasteiger partial charge in [0, 0.05) is 18.1 Å². The summed E-state index contributed by atoms with van der Waals surface area (Å²) in [4.78, 5) is 2.76. The predicted octanol–water partition coefficient (Wildman–Crippen LogP) is 4.05. The fourth-order valence-electron chi connectivity index (χ4n) is 4.53. The van der Waals surface area contributed by atoms with Crippen LogP contribution in [0.15, 0.2) is 0 Å². The lowest BCUT2D eigenvalue weighted by Gasteiger charge is -2.45. The van der Waals surface area contributed by atoms with Crippen molar-refractivity contribution >= 4 is 0 Å². The van der Waals surface area contributed by atoms with Crippen molar-refractivity contribution in [2.75, 3.05) is 13.6 Å². The van der Waals surface area contributed by atoms with Gasteiger partial charge in [-0.15, -0.1) is 0 Å². The molecule has 0 aromatic heterocycles. The highest BCUT2D eigenvalue weighted by Gasteiger charge is 2.34. The average Bonchev–Trinajstić information content (AvgIpc) is 2.48. The highest BCUT2D eigenvalue weighted by Crippen LogP contribution is 2.34. The Hall–Kier alpha value is -0.0800.